The summed E-state index contributed by atoms with van der Waals surface area (Å²) in [5, 5.41) is 7.89. The molecule has 2 aromatic carbocycles. The number of amides is 1. The predicted octanol–water partition coefficient (Wildman–Crippen LogP) is 3.40. The van der Waals surface area contributed by atoms with E-state index in [1.165, 1.54) is 0 Å². The van der Waals surface area contributed by atoms with E-state index >= 15 is 0 Å². The molecular formula is C19H19N3O2. The Morgan fingerprint density at radius 1 is 1.25 bits per heavy atom. The van der Waals surface area contributed by atoms with Crippen molar-refractivity contribution in [1.82, 2.24) is 15.1 Å². The van der Waals surface area contributed by atoms with Crippen molar-refractivity contribution in [1.29, 1.82) is 0 Å². The van der Waals surface area contributed by atoms with Crippen LogP contribution in [0.25, 0.3) is 10.9 Å². The van der Waals surface area contributed by atoms with Gasteiger partial charge in [-0.2, -0.15) is 5.10 Å². The Bertz CT molecular complexity index is 852. The molecule has 0 aliphatic rings. The van der Waals surface area contributed by atoms with Gasteiger partial charge < -0.3 is 9.64 Å². The Balaban J connectivity index is 1.71. The summed E-state index contributed by atoms with van der Waals surface area (Å²) in [5.41, 5.74) is 2.33. The summed E-state index contributed by atoms with van der Waals surface area (Å²) in [7, 11) is 1.77. The smallest absolute Gasteiger partial charge is 0.275 e. The zero-order valence-electron chi connectivity index (χ0n) is 13.5. The molecule has 3 aromatic rings. The van der Waals surface area contributed by atoms with Crippen LogP contribution in [0, 0.1) is 0 Å². The molecule has 122 valence electrons. The minimum Gasteiger partial charge on any atom is -0.490 e. The van der Waals surface area contributed by atoms with Crippen LogP contribution in [0.1, 0.15) is 16.1 Å². The Kier molecular flexibility index (Phi) is 4.61. The Hall–Kier alpha value is -3.08. The van der Waals surface area contributed by atoms with E-state index in [1.807, 2.05) is 48.5 Å². The van der Waals surface area contributed by atoms with Crippen molar-refractivity contribution in [2.45, 2.75) is 6.54 Å². The molecule has 3 rings (SSSR count). The third kappa shape index (κ3) is 3.30. The molecule has 1 aromatic heterocycles. The molecule has 0 saturated heterocycles. The van der Waals surface area contributed by atoms with Crippen LogP contribution in [0.5, 0.6) is 5.75 Å². The SMILES string of the molecule is C=CCOc1ccc(CN(C)C(=O)c2n[nH]c3ccccc23)cc1. The highest BCUT2D eigenvalue weighted by atomic mass is 16.5. The number of H-pyrrole nitrogens is 1. The van der Waals surface area contributed by atoms with Gasteiger partial charge in [-0.1, -0.05) is 43.0 Å². The second-order valence-corrected chi connectivity index (χ2v) is 5.52. The molecule has 24 heavy (non-hydrogen) atoms. The minimum absolute atomic E-state index is 0.112. The van der Waals surface area contributed by atoms with Gasteiger partial charge in [-0.3, -0.25) is 9.89 Å². The summed E-state index contributed by atoms with van der Waals surface area (Å²) in [6, 6.07) is 15.3. The molecule has 1 amide bonds. The van der Waals surface area contributed by atoms with Gasteiger partial charge in [0.1, 0.15) is 12.4 Å². The lowest BCUT2D eigenvalue weighted by molar-refractivity contribution is 0.0781. The summed E-state index contributed by atoms with van der Waals surface area (Å²) in [4.78, 5) is 14.3. The van der Waals surface area contributed by atoms with Crippen LogP contribution in [0.2, 0.25) is 0 Å². The first-order chi connectivity index (χ1) is 11.7. The average molecular weight is 321 g/mol. The van der Waals surface area contributed by atoms with E-state index in [9.17, 15) is 4.79 Å². The molecule has 0 radical (unpaired) electrons. The highest BCUT2D eigenvalue weighted by Gasteiger charge is 2.18. The first kappa shape index (κ1) is 15.8. The number of aromatic amines is 1. The Morgan fingerprint density at radius 3 is 2.75 bits per heavy atom. The zero-order valence-corrected chi connectivity index (χ0v) is 13.5. The van der Waals surface area contributed by atoms with Crippen molar-refractivity contribution in [2.24, 2.45) is 0 Å². The van der Waals surface area contributed by atoms with Crippen molar-refractivity contribution in [3.8, 4) is 5.75 Å². The van der Waals surface area contributed by atoms with Crippen molar-refractivity contribution in [3.63, 3.8) is 0 Å². The second kappa shape index (κ2) is 7.00. The number of carbonyl (C=O) groups excluding carboxylic acids is 1. The first-order valence-electron chi connectivity index (χ1n) is 7.70. The standard InChI is InChI=1S/C19H19N3O2/c1-3-12-24-15-10-8-14(9-11-15)13-22(2)19(23)18-16-6-4-5-7-17(16)20-21-18/h3-11H,1,12-13H2,2H3,(H,20,21). The van der Waals surface area contributed by atoms with E-state index in [2.05, 4.69) is 16.8 Å². The molecule has 1 heterocycles. The van der Waals surface area contributed by atoms with Gasteiger partial charge in [-0.05, 0) is 23.8 Å². The number of hydrogen-bond acceptors (Lipinski definition) is 3. The van der Waals surface area contributed by atoms with Gasteiger partial charge in [0.05, 0.1) is 5.52 Å². The molecular weight excluding hydrogens is 302 g/mol. The second-order valence-electron chi connectivity index (χ2n) is 5.52. The quantitative estimate of drug-likeness (QED) is 0.708. The lowest BCUT2D eigenvalue weighted by atomic mass is 10.1. The normalized spacial score (nSPS) is 10.5. The maximum atomic E-state index is 12.6. The largest absolute Gasteiger partial charge is 0.490 e. The zero-order chi connectivity index (χ0) is 16.9. The van der Waals surface area contributed by atoms with Gasteiger partial charge in [-0.25, -0.2) is 0 Å². The molecule has 5 heteroatoms. The fraction of sp³-hybridized carbons (Fsp3) is 0.158. The number of aromatic nitrogens is 2. The number of fused-ring (bicyclic) bond motifs is 1. The highest BCUT2D eigenvalue weighted by Crippen LogP contribution is 2.18. The summed E-state index contributed by atoms with van der Waals surface area (Å²) >= 11 is 0. The number of hydrogen-bond donors (Lipinski definition) is 1. The fourth-order valence-corrected chi connectivity index (χ4v) is 2.50. The predicted molar refractivity (Wildman–Crippen MR) is 94.0 cm³/mol. The van der Waals surface area contributed by atoms with Gasteiger partial charge in [0, 0.05) is 19.0 Å². The summed E-state index contributed by atoms with van der Waals surface area (Å²) in [5.74, 6) is 0.672. The van der Waals surface area contributed by atoms with Gasteiger partial charge >= 0.3 is 0 Å². The number of para-hydroxylation sites is 1. The van der Waals surface area contributed by atoms with Crippen LogP contribution in [0.4, 0.5) is 0 Å². The number of nitrogens with zero attached hydrogens (tertiary/aromatic N) is 2. The maximum absolute atomic E-state index is 12.6. The number of carbonyl (C=O) groups is 1. The fourth-order valence-electron chi connectivity index (χ4n) is 2.50. The number of ether oxygens (including phenoxy) is 1. The molecule has 0 atom stereocenters. The van der Waals surface area contributed by atoms with E-state index in [4.69, 9.17) is 4.74 Å². The lowest BCUT2D eigenvalue weighted by Crippen LogP contribution is -2.26. The molecule has 0 unspecified atom stereocenters. The Morgan fingerprint density at radius 2 is 2.00 bits per heavy atom. The first-order valence-corrected chi connectivity index (χ1v) is 7.70. The van der Waals surface area contributed by atoms with Gasteiger partial charge in [0.2, 0.25) is 0 Å². The van der Waals surface area contributed by atoms with Crippen LogP contribution in [0.3, 0.4) is 0 Å². The third-order valence-electron chi connectivity index (χ3n) is 3.73. The van der Waals surface area contributed by atoms with Gasteiger partial charge in [0.25, 0.3) is 5.91 Å². The van der Waals surface area contributed by atoms with Crippen molar-refractivity contribution in [3.05, 3.63) is 72.4 Å². The Labute approximate surface area is 140 Å². The average Bonchev–Trinajstić information content (AvgIpc) is 3.04. The van der Waals surface area contributed by atoms with Crippen LogP contribution in [-0.4, -0.2) is 34.7 Å². The van der Waals surface area contributed by atoms with E-state index in [0.717, 1.165) is 22.2 Å². The van der Waals surface area contributed by atoms with E-state index in [0.29, 0.717) is 18.8 Å². The highest BCUT2D eigenvalue weighted by molar-refractivity contribution is 6.04. The van der Waals surface area contributed by atoms with Crippen molar-refractivity contribution in [2.75, 3.05) is 13.7 Å². The monoisotopic (exact) mass is 321 g/mol. The van der Waals surface area contributed by atoms with E-state index in [1.54, 1.807) is 18.0 Å². The topological polar surface area (TPSA) is 58.2 Å². The van der Waals surface area contributed by atoms with E-state index < -0.39 is 0 Å². The summed E-state index contributed by atoms with van der Waals surface area (Å²) < 4.78 is 5.46. The number of nitrogens with one attached hydrogen (secondary N) is 1. The molecule has 0 aliphatic carbocycles. The molecule has 1 N–H and O–H groups in total. The van der Waals surface area contributed by atoms with Crippen molar-refractivity contribution >= 4 is 16.8 Å². The molecule has 0 bridgehead atoms. The molecule has 5 nitrogen and oxygen atoms in total. The van der Waals surface area contributed by atoms with Crippen LogP contribution >= 0.6 is 0 Å². The van der Waals surface area contributed by atoms with Crippen LogP contribution in [0.15, 0.2) is 61.2 Å². The molecule has 0 spiro atoms. The van der Waals surface area contributed by atoms with Gasteiger partial charge in [-0.15, -0.1) is 0 Å². The molecule has 0 aliphatic heterocycles. The van der Waals surface area contributed by atoms with Gasteiger partial charge in [0.15, 0.2) is 5.69 Å². The van der Waals surface area contributed by atoms with Crippen LogP contribution < -0.4 is 4.74 Å². The number of benzene rings is 2. The molecule has 0 fully saturated rings. The summed E-state index contributed by atoms with van der Waals surface area (Å²) in [6.45, 7) is 4.60. The van der Waals surface area contributed by atoms with Crippen molar-refractivity contribution < 1.29 is 9.53 Å². The minimum atomic E-state index is -0.112. The maximum Gasteiger partial charge on any atom is 0.275 e. The lowest BCUT2D eigenvalue weighted by Gasteiger charge is -2.16. The molecule has 0 saturated carbocycles. The number of rotatable bonds is 6. The third-order valence-corrected chi connectivity index (χ3v) is 3.73. The van der Waals surface area contributed by atoms with Crippen LogP contribution in [-0.2, 0) is 6.54 Å². The summed E-state index contributed by atoms with van der Waals surface area (Å²) in [6.07, 6.45) is 1.70. The van der Waals surface area contributed by atoms with E-state index in [-0.39, 0.29) is 5.91 Å².